The fourth-order valence-electron chi connectivity index (χ4n) is 2.22. The SMILES string of the molecule is Cc1noc(CCn2c(=S)[nH]c3sc(C)c(C)c3c2=O)n1. The molecule has 0 fully saturated rings. The van der Waals surface area contributed by atoms with Gasteiger partial charge in [-0.05, 0) is 38.6 Å². The molecular formula is C13H14N4O2S2. The number of thiophene rings is 1. The summed E-state index contributed by atoms with van der Waals surface area (Å²) < 4.78 is 7.04. The molecule has 1 N–H and O–H groups in total. The van der Waals surface area contributed by atoms with Gasteiger partial charge >= 0.3 is 0 Å². The van der Waals surface area contributed by atoms with Gasteiger partial charge in [0.2, 0.25) is 5.89 Å². The average Bonchev–Trinajstić information content (AvgIpc) is 2.94. The molecule has 3 aromatic rings. The smallest absolute Gasteiger partial charge is 0.263 e. The van der Waals surface area contributed by atoms with Gasteiger partial charge in [-0.2, -0.15) is 4.98 Å². The molecule has 0 saturated heterocycles. The first kappa shape index (κ1) is 14.2. The Kier molecular flexibility index (Phi) is 3.50. The first-order chi connectivity index (χ1) is 9.97. The van der Waals surface area contributed by atoms with Crippen LogP contribution in [0.15, 0.2) is 9.32 Å². The van der Waals surface area contributed by atoms with E-state index in [1.54, 1.807) is 22.8 Å². The van der Waals surface area contributed by atoms with Crippen molar-refractivity contribution in [2.24, 2.45) is 0 Å². The Morgan fingerprint density at radius 2 is 2.14 bits per heavy atom. The van der Waals surface area contributed by atoms with Crippen LogP contribution in [-0.4, -0.2) is 19.7 Å². The predicted octanol–water partition coefficient (Wildman–Crippen LogP) is 2.67. The topological polar surface area (TPSA) is 76.7 Å². The first-order valence-corrected chi connectivity index (χ1v) is 7.72. The second-order valence-corrected chi connectivity index (χ2v) is 6.47. The van der Waals surface area contributed by atoms with E-state index in [1.165, 1.54) is 0 Å². The zero-order chi connectivity index (χ0) is 15.1. The highest BCUT2D eigenvalue weighted by molar-refractivity contribution is 7.71. The summed E-state index contributed by atoms with van der Waals surface area (Å²) in [7, 11) is 0. The van der Waals surface area contributed by atoms with E-state index in [0.29, 0.717) is 34.8 Å². The first-order valence-electron chi connectivity index (χ1n) is 6.49. The Hall–Kier alpha value is -1.80. The highest BCUT2D eigenvalue weighted by Gasteiger charge is 2.13. The number of aromatic nitrogens is 4. The summed E-state index contributed by atoms with van der Waals surface area (Å²) in [6, 6.07) is 0. The van der Waals surface area contributed by atoms with Crippen LogP contribution in [0.2, 0.25) is 0 Å². The molecule has 3 rings (SSSR count). The van der Waals surface area contributed by atoms with Gasteiger partial charge in [0.1, 0.15) is 4.83 Å². The Bertz CT molecular complexity index is 932. The normalized spacial score (nSPS) is 11.4. The van der Waals surface area contributed by atoms with Crippen LogP contribution in [0, 0.1) is 25.5 Å². The summed E-state index contributed by atoms with van der Waals surface area (Å²) in [5, 5.41) is 4.45. The number of aryl methyl sites for hydroxylation is 4. The minimum atomic E-state index is -0.0631. The monoisotopic (exact) mass is 322 g/mol. The fraction of sp³-hybridized carbons (Fsp3) is 0.385. The zero-order valence-electron chi connectivity index (χ0n) is 11.9. The molecular weight excluding hydrogens is 308 g/mol. The number of rotatable bonds is 3. The van der Waals surface area contributed by atoms with Crippen LogP contribution < -0.4 is 5.56 Å². The number of hydrogen-bond acceptors (Lipinski definition) is 6. The van der Waals surface area contributed by atoms with Crippen molar-refractivity contribution < 1.29 is 4.52 Å². The van der Waals surface area contributed by atoms with E-state index in [-0.39, 0.29) is 5.56 Å². The van der Waals surface area contributed by atoms with Crippen LogP contribution in [0.4, 0.5) is 0 Å². The lowest BCUT2D eigenvalue weighted by Crippen LogP contribution is -2.23. The Balaban J connectivity index is 2.04. The second kappa shape index (κ2) is 5.19. The van der Waals surface area contributed by atoms with Crippen LogP contribution in [0.25, 0.3) is 10.2 Å². The second-order valence-electron chi connectivity index (χ2n) is 4.86. The molecule has 0 aliphatic carbocycles. The van der Waals surface area contributed by atoms with Crippen LogP contribution in [0.5, 0.6) is 0 Å². The molecule has 0 bridgehead atoms. The van der Waals surface area contributed by atoms with Crippen molar-refractivity contribution >= 4 is 33.8 Å². The summed E-state index contributed by atoms with van der Waals surface area (Å²) in [4.78, 5) is 21.9. The van der Waals surface area contributed by atoms with Gasteiger partial charge < -0.3 is 9.51 Å². The Morgan fingerprint density at radius 3 is 2.81 bits per heavy atom. The molecule has 110 valence electrons. The van der Waals surface area contributed by atoms with Crippen molar-refractivity contribution in [3.05, 3.63) is 37.3 Å². The van der Waals surface area contributed by atoms with E-state index in [1.807, 2.05) is 13.8 Å². The number of nitrogens with zero attached hydrogens (tertiary/aromatic N) is 3. The van der Waals surface area contributed by atoms with Crippen LogP contribution in [-0.2, 0) is 13.0 Å². The molecule has 0 radical (unpaired) electrons. The van der Waals surface area contributed by atoms with E-state index in [4.69, 9.17) is 16.7 Å². The third-order valence-electron chi connectivity index (χ3n) is 3.43. The molecule has 0 atom stereocenters. The summed E-state index contributed by atoms with van der Waals surface area (Å²) in [5.41, 5.74) is 0.945. The minimum absolute atomic E-state index is 0.0631. The van der Waals surface area contributed by atoms with Gasteiger partial charge in [0.05, 0.1) is 5.39 Å². The molecule has 0 spiro atoms. The lowest BCUT2D eigenvalue weighted by atomic mass is 10.2. The molecule has 0 unspecified atom stereocenters. The molecule has 6 nitrogen and oxygen atoms in total. The lowest BCUT2D eigenvalue weighted by molar-refractivity contribution is 0.367. The number of hydrogen-bond donors (Lipinski definition) is 1. The molecule has 0 saturated carbocycles. The molecule has 0 aromatic carbocycles. The molecule has 8 heteroatoms. The van der Waals surface area contributed by atoms with Crippen molar-refractivity contribution in [3.63, 3.8) is 0 Å². The maximum atomic E-state index is 12.6. The van der Waals surface area contributed by atoms with Gasteiger partial charge in [0.25, 0.3) is 5.56 Å². The molecule has 0 amide bonds. The van der Waals surface area contributed by atoms with E-state index >= 15 is 0 Å². The largest absolute Gasteiger partial charge is 0.339 e. The molecule has 21 heavy (non-hydrogen) atoms. The van der Waals surface area contributed by atoms with E-state index in [2.05, 4.69) is 15.1 Å². The molecule has 0 aliphatic rings. The van der Waals surface area contributed by atoms with Gasteiger partial charge in [-0.15, -0.1) is 11.3 Å². The van der Waals surface area contributed by atoms with Gasteiger partial charge in [0, 0.05) is 17.8 Å². The van der Waals surface area contributed by atoms with Crippen LogP contribution >= 0.6 is 23.6 Å². The number of aromatic amines is 1. The van der Waals surface area contributed by atoms with Crippen molar-refractivity contribution in [2.75, 3.05) is 0 Å². The van der Waals surface area contributed by atoms with E-state index in [9.17, 15) is 4.79 Å². The molecule has 3 heterocycles. The highest BCUT2D eigenvalue weighted by Crippen LogP contribution is 2.25. The minimum Gasteiger partial charge on any atom is -0.339 e. The van der Waals surface area contributed by atoms with Crippen molar-refractivity contribution in [1.29, 1.82) is 0 Å². The Labute approximate surface area is 129 Å². The van der Waals surface area contributed by atoms with Crippen LogP contribution in [0.3, 0.4) is 0 Å². The number of H-pyrrole nitrogens is 1. The van der Waals surface area contributed by atoms with Gasteiger partial charge in [-0.25, -0.2) is 0 Å². The quantitative estimate of drug-likeness (QED) is 0.750. The molecule has 3 aromatic heterocycles. The summed E-state index contributed by atoms with van der Waals surface area (Å²) in [5.74, 6) is 1.09. The third-order valence-corrected chi connectivity index (χ3v) is 4.87. The summed E-state index contributed by atoms with van der Waals surface area (Å²) >= 11 is 6.84. The third kappa shape index (κ3) is 2.44. The summed E-state index contributed by atoms with van der Waals surface area (Å²) in [6.07, 6.45) is 0.478. The summed E-state index contributed by atoms with van der Waals surface area (Å²) in [6.45, 7) is 6.13. The van der Waals surface area contributed by atoms with E-state index in [0.717, 1.165) is 15.3 Å². The maximum absolute atomic E-state index is 12.6. The average molecular weight is 322 g/mol. The lowest BCUT2D eigenvalue weighted by Gasteiger charge is -2.04. The van der Waals surface area contributed by atoms with Crippen LogP contribution in [0.1, 0.15) is 22.2 Å². The number of fused-ring (bicyclic) bond motifs is 1. The Morgan fingerprint density at radius 1 is 1.38 bits per heavy atom. The van der Waals surface area contributed by atoms with Gasteiger partial charge in [0.15, 0.2) is 10.6 Å². The van der Waals surface area contributed by atoms with Crippen molar-refractivity contribution in [1.82, 2.24) is 19.7 Å². The van der Waals surface area contributed by atoms with Gasteiger partial charge in [-0.1, -0.05) is 5.16 Å². The molecule has 0 aliphatic heterocycles. The van der Waals surface area contributed by atoms with Crippen molar-refractivity contribution in [2.45, 2.75) is 33.7 Å². The standard InChI is InChI=1S/C13H14N4O2S2/c1-6-7(2)21-11-10(6)12(18)17(13(20)15-11)5-4-9-14-8(3)16-19-9/h4-5H2,1-3H3,(H,15,20). The fourth-order valence-corrected chi connectivity index (χ4v) is 3.61. The maximum Gasteiger partial charge on any atom is 0.263 e. The van der Waals surface area contributed by atoms with E-state index < -0.39 is 0 Å². The van der Waals surface area contributed by atoms with Crippen molar-refractivity contribution in [3.8, 4) is 0 Å². The number of nitrogens with one attached hydrogen (secondary N) is 1. The van der Waals surface area contributed by atoms with Gasteiger partial charge in [-0.3, -0.25) is 9.36 Å². The highest BCUT2D eigenvalue weighted by atomic mass is 32.1. The predicted molar refractivity (Wildman–Crippen MR) is 83.5 cm³/mol. The zero-order valence-corrected chi connectivity index (χ0v) is 13.5.